The predicted molar refractivity (Wildman–Crippen MR) is 102 cm³/mol. The van der Waals surface area contributed by atoms with Crippen molar-refractivity contribution in [3.05, 3.63) is 0 Å². The first kappa shape index (κ1) is 17.0. The van der Waals surface area contributed by atoms with Gasteiger partial charge in [0.2, 0.25) is 0 Å². The maximum absolute atomic E-state index is 11.3. The molecule has 0 aromatic carbocycles. The Morgan fingerprint density at radius 1 is 0.800 bits per heavy atom. The van der Waals surface area contributed by atoms with Crippen LogP contribution in [0, 0.1) is 34.5 Å². The lowest BCUT2D eigenvalue weighted by molar-refractivity contribution is -0.122. The second-order valence-electron chi connectivity index (χ2n) is 10.9. The Morgan fingerprint density at radius 3 is 2.40 bits per heavy atom. The summed E-state index contributed by atoms with van der Waals surface area (Å²) in [6.45, 7) is 7.60. The monoisotopic (exact) mass is 345 g/mol. The molecule has 4 saturated carbocycles. The van der Waals surface area contributed by atoms with E-state index < -0.39 is 0 Å². The normalized spacial score (nSPS) is 56.3. The molecule has 4 unspecified atom stereocenters. The van der Waals surface area contributed by atoms with Crippen molar-refractivity contribution < 1.29 is 5.11 Å². The number of rotatable bonds is 1. The Hall–Kier alpha value is -0.0800. The lowest BCUT2D eigenvalue weighted by atomic mass is 9.45. The molecule has 0 aromatic heterocycles. The standard InChI is InChI=1S/C23H39NO/c1-22-11-4-3-7-16(22)8-9-17-18(22)10-12-23(2)19(17)15-20(21(23)25)24-13-5-6-14-24/h16-21,25H,3-15H2,1-2H3/t16?,17?,18?,19?,20-,21-,22-,23-/m0/s1. The zero-order valence-corrected chi connectivity index (χ0v) is 16.6. The molecule has 0 amide bonds. The zero-order valence-electron chi connectivity index (χ0n) is 16.6. The summed E-state index contributed by atoms with van der Waals surface area (Å²) < 4.78 is 0. The van der Waals surface area contributed by atoms with Crippen LogP contribution in [0.4, 0.5) is 0 Å². The molecule has 5 rings (SSSR count). The van der Waals surface area contributed by atoms with E-state index in [1.807, 2.05) is 0 Å². The lowest BCUT2D eigenvalue weighted by Gasteiger charge is -2.60. The maximum Gasteiger partial charge on any atom is 0.0751 e. The fraction of sp³-hybridized carbons (Fsp3) is 1.00. The average Bonchev–Trinajstić information content (AvgIpc) is 3.21. The van der Waals surface area contributed by atoms with Crippen molar-refractivity contribution in [2.45, 2.75) is 96.6 Å². The average molecular weight is 346 g/mol. The van der Waals surface area contributed by atoms with Crippen LogP contribution in [0.5, 0.6) is 0 Å². The molecule has 2 nitrogen and oxygen atoms in total. The van der Waals surface area contributed by atoms with Crippen molar-refractivity contribution in [1.82, 2.24) is 4.90 Å². The maximum atomic E-state index is 11.3. The van der Waals surface area contributed by atoms with Crippen LogP contribution >= 0.6 is 0 Å². The molecule has 0 aromatic rings. The summed E-state index contributed by atoms with van der Waals surface area (Å²) in [4.78, 5) is 2.65. The molecule has 1 aliphatic heterocycles. The third kappa shape index (κ3) is 2.35. The highest BCUT2D eigenvalue weighted by Crippen LogP contribution is 2.66. The van der Waals surface area contributed by atoms with Crippen LogP contribution in [0.2, 0.25) is 0 Å². The molecule has 4 aliphatic carbocycles. The highest BCUT2D eigenvalue weighted by atomic mass is 16.3. The zero-order chi connectivity index (χ0) is 17.2. The molecule has 1 saturated heterocycles. The van der Waals surface area contributed by atoms with E-state index in [4.69, 9.17) is 0 Å². The molecule has 8 atom stereocenters. The summed E-state index contributed by atoms with van der Waals surface area (Å²) in [7, 11) is 0. The topological polar surface area (TPSA) is 23.5 Å². The van der Waals surface area contributed by atoms with E-state index in [1.54, 1.807) is 0 Å². The quantitative estimate of drug-likeness (QED) is 0.734. The molecule has 0 radical (unpaired) electrons. The van der Waals surface area contributed by atoms with E-state index >= 15 is 0 Å². The van der Waals surface area contributed by atoms with Crippen LogP contribution in [0.25, 0.3) is 0 Å². The number of aliphatic hydroxyl groups is 1. The minimum Gasteiger partial charge on any atom is -0.391 e. The summed E-state index contributed by atoms with van der Waals surface area (Å²) in [5.74, 6) is 3.65. The summed E-state index contributed by atoms with van der Waals surface area (Å²) in [5.41, 5.74) is 0.825. The van der Waals surface area contributed by atoms with E-state index in [-0.39, 0.29) is 11.5 Å². The smallest absolute Gasteiger partial charge is 0.0751 e. The van der Waals surface area contributed by atoms with Crippen molar-refractivity contribution in [2.75, 3.05) is 13.1 Å². The highest BCUT2D eigenvalue weighted by molar-refractivity contribution is 5.12. The molecule has 1 N–H and O–H groups in total. The van der Waals surface area contributed by atoms with Gasteiger partial charge in [-0.2, -0.15) is 0 Å². The van der Waals surface area contributed by atoms with Gasteiger partial charge in [0, 0.05) is 6.04 Å². The van der Waals surface area contributed by atoms with E-state index in [1.165, 1.54) is 83.7 Å². The van der Waals surface area contributed by atoms with Crippen LogP contribution in [0.3, 0.4) is 0 Å². The molecule has 142 valence electrons. The second-order valence-corrected chi connectivity index (χ2v) is 10.9. The Bertz CT molecular complexity index is 514. The predicted octanol–water partition coefficient (Wildman–Crippen LogP) is 4.85. The van der Waals surface area contributed by atoms with Crippen molar-refractivity contribution in [1.29, 1.82) is 0 Å². The molecule has 25 heavy (non-hydrogen) atoms. The van der Waals surface area contributed by atoms with Gasteiger partial charge in [-0.1, -0.05) is 26.7 Å². The van der Waals surface area contributed by atoms with Crippen LogP contribution in [0.1, 0.15) is 84.5 Å². The third-order valence-electron chi connectivity index (χ3n) is 10.2. The fourth-order valence-electron chi connectivity index (χ4n) is 8.70. The number of fused-ring (bicyclic) bond motifs is 5. The third-order valence-corrected chi connectivity index (χ3v) is 10.2. The number of hydrogen-bond acceptors (Lipinski definition) is 2. The largest absolute Gasteiger partial charge is 0.391 e. The summed E-state index contributed by atoms with van der Waals surface area (Å²) >= 11 is 0. The molecule has 5 aliphatic rings. The van der Waals surface area contributed by atoms with Gasteiger partial charge in [-0.15, -0.1) is 0 Å². The van der Waals surface area contributed by atoms with Gasteiger partial charge in [0.1, 0.15) is 0 Å². The number of hydrogen-bond donors (Lipinski definition) is 1. The number of likely N-dealkylation sites (tertiary alicyclic amines) is 1. The van der Waals surface area contributed by atoms with E-state index in [9.17, 15) is 5.11 Å². The Balaban J connectivity index is 1.42. The molecule has 2 heteroatoms. The minimum absolute atomic E-state index is 0.0755. The number of nitrogens with zero attached hydrogens (tertiary/aromatic N) is 1. The first-order chi connectivity index (χ1) is 12.0. The van der Waals surface area contributed by atoms with Gasteiger partial charge >= 0.3 is 0 Å². The molecule has 5 fully saturated rings. The molecule has 0 bridgehead atoms. The molecule has 0 spiro atoms. The first-order valence-electron chi connectivity index (χ1n) is 11.5. The Morgan fingerprint density at radius 2 is 1.60 bits per heavy atom. The van der Waals surface area contributed by atoms with Gasteiger partial charge in [0.25, 0.3) is 0 Å². The van der Waals surface area contributed by atoms with Crippen LogP contribution in [-0.2, 0) is 0 Å². The van der Waals surface area contributed by atoms with Crippen LogP contribution < -0.4 is 0 Å². The lowest BCUT2D eigenvalue weighted by Crippen LogP contribution is -2.53. The number of aliphatic hydroxyl groups excluding tert-OH is 1. The van der Waals surface area contributed by atoms with Gasteiger partial charge < -0.3 is 5.11 Å². The van der Waals surface area contributed by atoms with Gasteiger partial charge in [-0.3, -0.25) is 4.90 Å². The van der Waals surface area contributed by atoms with E-state index in [0.29, 0.717) is 11.5 Å². The van der Waals surface area contributed by atoms with Crippen molar-refractivity contribution in [2.24, 2.45) is 34.5 Å². The van der Waals surface area contributed by atoms with Gasteiger partial charge in [-0.25, -0.2) is 0 Å². The minimum atomic E-state index is -0.0755. The SMILES string of the molecule is C[C@]12CCCCC1CCC1C2CC[C@@]2(C)C1C[C@H](N1CCCC1)[C@@H]2O. The van der Waals surface area contributed by atoms with Crippen LogP contribution in [-0.4, -0.2) is 35.2 Å². The second kappa shape index (κ2) is 5.96. The Kier molecular flexibility index (Phi) is 4.06. The van der Waals surface area contributed by atoms with Crippen molar-refractivity contribution in [3.8, 4) is 0 Å². The summed E-state index contributed by atoms with van der Waals surface area (Å²) in [6.07, 6.45) is 15.5. The van der Waals surface area contributed by atoms with Gasteiger partial charge in [0.05, 0.1) is 6.10 Å². The van der Waals surface area contributed by atoms with Crippen molar-refractivity contribution in [3.63, 3.8) is 0 Å². The van der Waals surface area contributed by atoms with Gasteiger partial charge in [0.15, 0.2) is 0 Å². The van der Waals surface area contributed by atoms with Crippen molar-refractivity contribution >= 4 is 0 Å². The first-order valence-corrected chi connectivity index (χ1v) is 11.5. The molecular formula is C23H39NO. The fourth-order valence-corrected chi connectivity index (χ4v) is 8.70. The summed E-state index contributed by atoms with van der Waals surface area (Å²) in [6, 6.07) is 0.466. The molecular weight excluding hydrogens is 306 g/mol. The van der Waals surface area contributed by atoms with Crippen LogP contribution in [0.15, 0.2) is 0 Å². The van der Waals surface area contributed by atoms with E-state index in [0.717, 1.165) is 23.7 Å². The Labute approximate surface area is 154 Å². The molecule has 1 heterocycles. The van der Waals surface area contributed by atoms with E-state index in [2.05, 4.69) is 18.7 Å². The highest BCUT2D eigenvalue weighted by Gasteiger charge is 2.62. The summed E-state index contributed by atoms with van der Waals surface area (Å²) in [5, 5.41) is 11.3. The van der Waals surface area contributed by atoms with Gasteiger partial charge in [-0.05, 0) is 105 Å².